The van der Waals surface area contributed by atoms with Gasteiger partial charge in [-0.15, -0.1) is 0 Å². The van der Waals surface area contributed by atoms with E-state index in [9.17, 15) is 0 Å². The first kappa shape index (κ1) is 8.28. The predicted octanol–water partition coefficient (Wildman–Crippen LogP) is 2.66. The molecule has 1 nitrogen and oxygen atoms in total. The zero-order valence-electron chi connectivity index (χ0n) is 8.76. The Bertz CT molecular complexity index is 199. The Balaban J connectivity index is 1.72. The lowest BCUT2D eigenvalue weighted by molar-refractivity contribution is 0.274. The highest BCUT2D eigenvalue weighted by atomic mass is 15.2. The van der Waals surface area contributed by atoms with Gasteiger partial charge < -0.3 is 0 Å². The van der Waals surface area contributed by atoms with E-state index in [1.54, 1.807) is 0 Å². The van der Waals surface area contributed by atoms with Crippen LogP contribution in [0.3, 0.4) is 0 Å². The maximum absolute atomic E-state index is 2.79. The molecule has 1 spiro atoms. The topological polar surface area (TPSA) is 3.24 Å². The molecular weight excluding hydrogens is 158 g/mol. The van der Waals surface area contributed by atoms with Crippen LogP contribution in [0.4, 0.5) is 0 Å². The smallest absolute Gasteiger partial charge is 0.0186 e. The zero-order valence-corrected chi connectivity index (χ0v) is 8.76. The van der Waals surface area contributed by atoms with Crippen LogP contribution in [0.2, 0.25) is 0 Å². The van der Waals surface area contributed by atoms with Crippen LogP contribution >= 0.6 is 0 Å². The van der Waals surface area contributed by atoms with Crippen molar-refractivity contribution in [3.05, 3.63) is 0 Å². The molecule has 13 heavy (non-hydrogen) atoms. The SMILES string of the molecule is CC1C(N2CCCC2)C12CCCC2. The van der Waals surface area contributed by atoms with E-state index in [1.165, 1.54) is 51.6 Å². The Morgan fingerprint density at radius 2 is 1.62 bits per heavy atom. The molecule has 0 radical (unpaired) electrons. The van der Waals surface area contributed by atoms with E-state index in [0.29, 0.717) is 0 Å². The molecule has 2 aliphatic carbocycles. The summed E-state index contributed by atoms with van der Waals surface area (Å²) in [5, 5.41) is 0. The molecule has 3 fully saturated rings. The first-order valence-electron chi connectivity index (χ1n) is 6.09. The van der Waals surface area contributed by atoms with Crippen molar-refractivity contribution >= 4 is 0 Å². The summed E-state index contributed by atoms with van der Waals surface area (Å²) in [6.07, 6.45) is 9.01. The number of hydrogen-bond donors (Lipinski definition) is 0. The first-order chi connectivity index (χ1) is 6.34. The van der Waals surface area contributed by atoms with E-state index in [0.717, 1.165) is 17.4 Å². The summed E-state index contributed by atoms with van der Waals surface area (Å²) >= 11 is 0. The van der Waals surface area contributed by atoms with Gasteiger partial charge in [-0.3, -0.25) is 4.90 Å². The van der Waals surface area contributed by atoms with Crippen molar-refractivity contribution in [3.8, 4) is 0 Å². The van der Waals surface area contributed by atoms with Crippen molar-refractivity contribution in [1.82, 2.24) is 4.90 Å². The van der Waals surface area contributed by atoms with Crippen LogP contribution < -0.4 is 0 Å². The van der Waals surface area contributed by atoms with E-state index in [2.05, 4.69) is 11.8 Å². The Hall–Kier alpha value is -0.0400. The maximum Gasteiger partial charge on any atom is 0.0186 e. The van der Waals surface area contributed by atoms with Crippen LogP contribution in [0.1, 0.15) is 45.4 Å². The molecule has 1 heterocycles. The van der Waals surface area contributed by atoms with Crippen molar-refractivity contribution in [2.75, 3.05) is 13.1 Å². The second-order valence-electron chi connectivity index (χ2n) is 5.42. The lowest BCUT2D eigenvalue weighted by Gasteiger charge is -2.18. The third-order valence-electron chi connectivity index (χ3n) is 4.93. The molecule has 3 rings (SSSR count). The Labute approximate surface area is 81.5 Å². The summed E-state index contributed by atoms with van der Waals surface area (Å²) in [6.45, 7) is 5.29. The largest absolute Gasteiger partial charge is 0.300 e. The second-order valence-corrected chi connectivity index (χ2v) is 5.42. The van der Waals surface area contributed by atoms with Gasteiger partial charge in [-0.2, -0.15) is 0 Å². The fraction of sp³-hybridized carbons (Fsp3) is 1.00. The van der Waals surface area contributed by atoms with E-state index < -0.39 is 0 Å². The molecule has 1 heteroatoms. The molecule has 0 bridgehead atoms. The summed E-state index contributed by atoms with van der Waals surface area (Å²) in [5.74, 6) is 1.02. The van der Waals surface area contributed by atoms with Crippen LogP contribution in [0, 0.1) is 11.3 Å². The molecule has 0 aromatic carbocycles. The molecule has 2 atom stereocenters. The highest BCUT2D eigenvalue weighted by molar-refractivity contribution is 5.16. The second kappa shape index (κ2) is 2.73. The molecule has 3 aliphatic rings. The highest BCUT2D eigenvalue weighted by Gasteiger charge is 2.64. The third kappa shape index (κ3) is 1.03. The quantitative estimate of drug-likeness (QED) is 0.598. The molecule has 1 saturated heterocycles. The minimum Gasteiger partial charge on any atom is -0.300 e. The number of likely N-dealkylation sites (tertiary alicyclic amines) is 1. The third-order valence-corrected chi connectivity index (χ3v) is 4.93. The molecule has 0 N–H and O–H groups in total. The normalized spacial score (nSPS) is 43.2. The summed E-state index contributed by atoms with van der Waals surface area (Å²) in [7, 11) is 0. The molecule has 0 aromatic rings. The minimum absolute atomic E-state index is 0.810. The average Bonchev–Trinajstić information content (AvgIpc) is 2.65. The van der Waals surface area contributed by atoms with Gasteiger partial charge in [-0.1, -0.05) is 19.8 Å². The van der Waals surface area contributed by atoms with Gasteiger partial charge in [0.25, 0.3) is 0 Å². The van der Waals surface area contributed by atoms with Crippen LogP contribution in [0.5, 0.6) is 0 Å². The van der Waals surface area contributed by atoms with E-state index in [4.69, 9.17) is 0 Å². The monoisotopic (exact) mass is 179 g/mol. The Kier molecular flexibility index (Phi) is 1.74. The minimum atomic E-state index is 0.810. The lowest BCUT2D eigenvalue weighted by atomic mass is 10.0. The van der Waals surface area contributed by atoms with Crippen LogP contribution in [0.15, 0.2) is 0 Å². The van der Waals surface area contributed by atoms with Crippen molar-refractivity contribution in [2.24, 2.45) is 11.3 Å². The summed E-state index contributed by atoms with van der Waals surface area (Å²) in [5.41, 5.74) is 0.810. The van der Waals surface area contributed by atoms with Crippen molar-refractivity contribution in [2.45, 2.75) is 51.5 Å². The molecule has 74 valence electrons. The van der Waals surface area contributed by atoms with Gasteiger partial charge in [-0.05, 0) is 50.1 Å². The van der Waals surface area contributed by atoms with Crippen molar-refractivity contribution in [1.29, 1.82) is 0 Å². The van der Waals surface area contributed by atoms with Gasteiger partial charge in [0.05, 0.1) is 0 Å². The predicted molar refractivity (Wildman–Crippen MR) is 54.7 cm³/mol. The lowest BCUT2D eigenvalue weighted by Crippen LogP contribution is -2.26. The van der Waals surface area contributed by atoms with Crippen LogP contribution in [-0.4, -0.2) is 24.0 Å². The molecule has 0 amide bonds. The average molecular weight is 179 g/mol. The van der Waals surface area contributed by atoms with Gasteiger partial charge >= 0.3 is 0 Å². The van der Waals surface area contributed by atoms with Gasteiger partial charge in [0.15, 0.2) is 0 Å². The molecule has 2 saturated carbocycles. The number of nitrogens with zero attached hydrogens (tertiary/aromatic N) is 1. The van der Waals surface area contributed by atoms with Crippen LogP contribution in [-0.2, 0) is 0 Å². The fourth-order valence-corrected chi connectivity index (χ4v) is 4.16. The van der Waals surface area contributed by atoms with E-state index >= 15 is 0 Å². The van der Waals surface area contributed by atoms with Gasteiger partial charge in [0.2, 0.25) is 0 Å². The standard InChI is InChI=1S/C12H21N/c1-10-11(13-8-4-5-9-13)12(10)6-2-3-7-12/h10-11H,2-9H2,1H3. The zero-order chi connectivity index (χ0) is 8.89. The molecular formula is C12H21N. The number of hydrogen-bond acceptors (Lipinski definition) is 1. The maximum atomic E-state index is 2.79. The molecule has 0 aromatic heterocycles. The van der Waals surface area contributed by atoms with E-state index in [-0.39, 0.29) is 0 Å². The Morgan fingerprint density at radius 1 is 1.00 bits per heavy atom. The van der Waals surface area contributed by atoms with Crippen molar-refractivity contribution in [3.63, 3.8) is 0 Å². The van der Waals surface area contributed by atoms with Gasteiger partial charge in [0.1, 0.15) is 0 Å². The van der Waals surface area contributed by atoms with Gasteiger partial charge in [-0.25, -0.2) is 0 Å². The summed E-state index contributed by atoms with van der Waals surface area (Å²) < 4.78 is 0. The summed E-state index contributed by atoms with van der Waals surface area (Å²) in [4.78, 5) is 2.79. The van der Waals surface area contributed by atoms with E-state index in [1.807, 2.05) is 0 Å². The number of rotatable bonds is 1. The molecule has 1 aliphatic heterocycles. The van der Waals surface area contributed by atoms with Gasteiger partial charge in [0, 0.05) is 6.04 Å². The van der Waals surface area contributed by atoms with Crippen LogP contribution in [0.25, 0.3) is 0 Å². The fourth-order valence-electron chi connectivity index (χ4n) is 4.16. The first-order valence-corrected chi connectivity index (χ1v) is 6.09. The molecule has 2 unspecified atom stereocenters. The van der Waals surface area contributed by atoms with Crippen molar-refractivity contribution < 1.29 is 0 Å². The Morgan fingerprint density at radius 3 is 2.23 bits per heavy atom. The highest BCUT2D eigenvalue weighted by Crippen LogP contribution is 2.65. The summed E-state index contributed by atoms with van der Waals surface area (Å²) in [6, 6.07) is 0.998.